The van der Waals surface area contributed by atoms with Gasteiger partial charge in [-0.05, 0) is 26.2 Å². The maximum atomic E-state index is 12.4. The molecule has 20 heavy (non-hydrogen) atoms. The Kier molecular flexibility index (Phi) is 4.81. The molecule has 112 valence electrons. The van der Waals surface area contributed by atoms with Crippen LogP contribution in [0.5, 0.6) is 0 Å². The predicted molar refractivity (Wildman–Crippen MR) is 77.2 cm³/mol. The summed E-state index contributed by atoms with van der Waals surface area (Å²) in [6, 6.07) is 0.168. The van der Waals surface area contributed by atoms with Crippen LogP contribution in [0.4, 0.5) is 0 Å². The van der Waals surface area contributed by atoms with Crippen LogP contribution in [0, 0.1) is 0 Å². The van der Waals surface area contributed by atoms with Crippen molar-refractivity contribution < 1.29 is 9.90 Å². The highest BCUT2D eigenvalue weighted by atomic mass is 16.3. The highest BCUT2D eigenvalue weighted by Gasteiger charge is 2.31. The highest BCUT2D eigenvalue weighted by molar-refractivity contribution is 5.76. The molecule has 1 N–H and O–H groups in total. The zero-order valence-electron chi connectivity index (χ0n) is 12.5. The summed E-state index contributed by atoms with van der Waals surface area (Å²) in [5.74, 6) is 0.136. The average molecular weight is 279 g/mol. The Morgan fingerprint density at radius 3 is 2.95 bits per heavy atom. The van der Waals surface area contributed by atoms with Crippen LogP contribution >= 0.6 is 0 Å². The Balaban J connectivity index is 1.98. The second-order valence-electron chi connectivity index (χ2n) is 6.07. The molecule has 1 amide bonds. The van der Waals surface area contributed by atoms with Crippen LogP contribution in [0.15, 0.2) is 18.7 Å². The third kappa shape index (κ3) is 3.82. The van der Waals surface area contributed by atoms with Crippen molar-refractivity contribution in [3.63, 3.8) is 0 Å². The first-order chi connectivity index (χ1) is 9.52. The van der Waals surface area contributed by atoms with Crippen molar-refractivity contribution in [2.75, 3.05) is 13.1 Å². The number of piperidine rings is 1. The lowest BCUT2D eigenvalue weighted by Gasteiger charge is -2.37. The standard InChI is InChI=1S/C15H25N3O2/c1-3-5-13(18-9-7-16-12-18)10-14(19)17-8-4-6-15(2,20)11-17/h7,9,12-13,20H,3-6,8,10-11H2,1-2H3. The zero-order chi connectivity index (χ0) is 14.6. The molecule has 2 unspecified atom stereocenters. The molecular weight excluding hydrogens is 254 g/mol. The minimum Gasteiger partial charge on any atom is -0.388 e. The molecule has 1 saturated heterocycles. The molecule has 2 atom stereocenters. The smallest absolute Gasteiger partial charge is 0.224 e. The number of aliphatic hydroxyl groups is 1. The van der Waals surface area contributed by atoms with Crippen molar-refractivity contribution in [1.29, 1.82) is 0 Å². The molecule has 5 nitrogen and oxygen atoms in total. The Hall–Kier alpha value is -1.36. The van der Waals surface area contributed by atoms with Gasteiger partial charge in [0.2, 0.25) is 5.91 Å². The van der Waals surface area contributed by atoms with Crippen LogP contribution in [0.2, 0.25) is 0 Å². The first-order valence-electron chi connectivity index (χ1n) is 7.49. The summed E-state index contributed by atoms with van der Waals surface area (Å²) in [5.41, 5.74) is -0.733. The van der Waals surface area contributed by atoms with Gasteiger partial charge in [-0.1, -0.05) is 13.3 Å². The number of β-amino-alcohol motifs (C(OH)–C–C–N with tert-alkyl or cyclic N) is 1. The van der Waals surface area contributed by atoms with Crippen LogP contribution < -0.4 is 0 Å². The number of likely N-dealkylation sites (tertiary alicyclic amines) is 1. The fourth-order valence-corrected chi connectivity index (χ4v) is 2.94. The fraction of sp³-hybridized carbons (Fsp3) is 0.733. The molecule has 1 aromatic rings. The molecule has 0 aliphatic carbocycles. The van der Waals surface area contributed by atoms with Crippen molar-refractivity contribution >= 4 is 5.91 Å². The fourth-order valence-electron chi connectivity index (χ4n) is 2.94. The molecule has 1 aliphatic rings. The molecule has 1 aliphatic heterocycles. The van der Waals surface area contributed by atoms with Gasteiger partial charge in [-0.25, -0.2) is 4.98 Å². The SMILES string of the molecule is CCCC(CC(=O)N1CCCC(C)(O)C1)n1ccnc1. The van der Waals surface area contributed by atoms with Crippen LogP contribution in [0.3, 0.4) is 0 Å². The van der Waals surface area contributed by atoms with Crippen molar-refractivity contribution in [2.45, 2.75) is 57.6 Å². The third-order valence-electron chi connectivity index (χ3n) is 4.01. The number of imidazole rings is 1. The number of amides is 1. The number of carbonyl (C=O) groups excluding carboxylic acids is 1. The topological polar surface area (TPSA) is 58.4 Å². The van der Waals surface area contributed by atoms with Gasteiger partial charge >= 0.3 is 0 Å². The van der Waals surface area contributed by atoms with Gasteiger partial charge in [0.15, 0.2) is 0 Å². The summed E-state index contributed by atoms with van der Waals surface area (Å²) in [5, 5.41) is 10.1. The number of hydrogen-bond donors (Lipinski definition) is 1. The van der Waals surface area contributed by atoms with Crippen molar-refractivity contribution in [1.82, 2.24) is 14.5 Å². The molecule has 1 fully saturated rings. The largest absolute Gasteiger partial charge is 0.388 e. The van der Waals surface area contributed by atoms with Crippen LogP contribution in [0.1, 0.15) is 52.0 Å². The number of carbonyl (C=O) groups is 1. The van der Waals surface area contributed by atoms with Gasteiger partial charge in [0.1, 0.15) is 0 Å². The lowest BCUT2D eigenvalue weighted by molar-refractivity contribution is -0.138. The number of hydrogen-bond acceptors (Lipinski definition) is 3. The van der Waals surface area contributed by atoms with E-state index in [4.69, 9.17) is 0 Å². The maximum Gasteiger partial charge on any atom is 0.224 e. The first-order valence-corrected chi connectivity index (χ1v) is 7.49. The van der Waals surface area contributed by atoms with Crippen LogP contribution in [-0.2, 0) is 4.79 Å². The summed E-state index contributed by atoms with van der Waals surface area (Å²) >= 11 is 0. The molecule has 0 aromatic carbocycles. The second-order valence-corrected chi connectivity index (χ2v) is 6.07. The third-order valence-corrected chi connectivity index (χ3v) is 4.01. The van der Waals surface area contributed by atoms with Crippen molar-refractivity contribution in [3.05, 3.63) is 18.7 Å². The first kappa shape index (κ1) is 15.0. The van der Waals surface area contributed by atoms with E-state index in [0.29, 0.717) is 13.0 Å². The number of rotatable bonds is 5. The molecule has 0 bridgehead atoms. The normalized spacial score (nSPS) is 24.6. The van der Waals surface area contributed by atoms with Crippen LogP contribution in [-0.4, -0.2) is 44.2 Å². The minimum absolute atomic E-state index is 0.136. The lowest BCUT2D eigenvalue weighted by Crippen LogP contribution is -2.48. The molecule has 0 spiro atoms. The zero-order valence-corrected chi connectivity index (χ0v) is 12.5. The van der Waals surface area contributed by atoms with E-state index in [1.165, 1.54) is 0 Å². The van der Waals surface area contributed by atoms with E-state index in [9.17, 15) is 9.90 Å². The van der Waals surface area contributed by atoms with Crippen LogP contribution in [0.25, 0.3) is 0 Å². The Bertz CT molecular complexity index is 428. The Morgan fingerprint density at radius 1 is 1.55 bits per heavy atom. The molecule has 1 aromatic heterocycles. The van der Waals surface area contributed by atoms with Gasteiger partial charge in [-0.3, -0.25) is 4.79 Å². The van der Waals surface area contributed by atoms with Gasteiger partial charge < -0.3 is 14.6 Å². The van der Waals surface area contributed by atoms with E-state index in [-0.39, 0.29) is 11.9 Å². The molecule has 2 heterocycles. The maximum absolute atomic E-state index is 12.4. The molecule has 5 heteroatoms. The molecule has 0 radical (unpaired) electrons. The van der Waals surface area contributed by atoms with E-state index in [2.05, 4.69) is 11.9 Å². The van der Waals surface area contributed by atoms with E-state index >= 15 is 0 Å². The second kappa shape index (κ2) is 6.39. The van der Waals surface area contributed by atoms with Gasteiger partial charge in [0.05, 0.1) is 11.9 Å². The van der Waals surface area contributed by atoms with Gasteiger partial charge in [0.25, 0.3) is 0 Å². The molecule has 2 rings (SSSR count). The summed E-state index contributed by atoms with van der Waals surface area (Å²) in [6.07, 6.45) is 9.58. The van der Waals surface area contributed by atoms with Gasteiger partial charge in [-0.2, -0.15) is 0 Å². The number of aromatic nitrogens is 2. The summed E-state index contributed by atoms with van der Waals surface area (Å²) in [6.45, 7) is 5.15. The lowest BCUT2D eigenvalue weighted by atomic mass is 9.94. The van der Waals surface area contributed by atoms with E-state index < -0.39 is 5.60 Å². The monoisotopic (exact) mass is 279 g/mol. The quantitative estimate of drug-likeness (QED) is 0.896. The summed E-state index contributed by atoms with van der Waals surface area (Å²) in [4.78, 5) is 18.3. The Morgan fingerprint density at radius 2 is 2.35 bits per heavy atom. The molecular formula is C15H25N3O2. The van der Waals surface area contributed by atoms with E-state index in [0.717, 1.165) is 32.2 Å². The van der Waals surface area contributed by atoms with Gasteiger partial charge in [-0.15, -0.1) is 0 Å². The molecule has 0 saturated carbocycles. The van der Waals surface area contributed by atoms with Crippen molar-refractivity contribution in [2.24, 2.45) is 0 Å². The van der Waals surface area contributed by atoms with Gasteiger partial charge in [0, 0.05) is 37.9 Å². The van der Waals surface area contributed by atoms with Crippen molar-refractivity contribution in [3.8, 4) is 0 Å². The van der Waals surface area contributed by atoms with E-state index in [1.54, 1.807) is 12.5 Å². The van der Waals surface area contributed by atoms with E-state index in [1.807, 2.05) is 22.6 Å². The predicted octanol–water partition coefficient (Wildman–Crippen LogP) is 1.99. The highest BCUT2D eigenvalue weighted by Crippen LogP contribution is 2.24. The summed E-state index contributed by atoms with van der Waals surface area (Å²) in [7, 11) is 0. The summed E-state index contributed by atoms with van der Waals surface area (Å²) < 4.78 is 2.02. The average Bonchev–Trinajstić information content (AvgIpc) is 2.90. The minimum atomic E-state index is -0.733. The Labute approximate surface area is 120 Å². The number of nitrogens with zero attached hydrogens (tertiary/aromatic N) is 3.